The van der Waals surface area contributed by atoms with Crippen molar-refractivity contribution in [2.75, 3.05) is 26.9 Å². The number of hydrogen-bond acceptors (Lipinski definition) is 4. The van der Waals surface area contributed by atoms with Gasteiger partial charge in [-0.05, 0) is 24.3 Å². The molecule has 0 atom stereocenters. The fraction of sp³-hybridized carbons (Fsp3) is 0.500. The van der Waals surface area contributed by atoms with Crippen LogP contribution < -0.4 is 4.74 Å². The van der Waals surface area contributed by atoms with Gasteiger partial charge in [-0.2, -0.15) is 0 Å². The molecule has 0 saturated carbocycles. The summed E-state index contributed by atoms with van der Waals surface area (Å²) in [6.45, 7) is 5.95. The molecule has 5 heteroatoms. The van der Waals surface area contributed by atoms with E-state index in [1.54, 1.807) is 13.4 Å². The summed E-state index contributed by atoms with van der Waals surface area (Å²) in [5.41, 5.74) is 0.738. The summed E-state index contributed by atoms with van der Waals surface area (Å²) in [6, 6.07) is 5.88. The molecule has 0 radical (unpaired) electrons. The molecule has 1 aromatic rings. The Bertz CT molecular complexity index is 493. The van der Waals surface area contributed by atoms with E-state index in [9.17, 15) is 0 Å². The molecule has 1 aromatic carbocycles. The second kappa shape index (κ2) is 7.29. The van der Waals surface area contributed by atoms with Crippen LogP contribution in [0, 0.1) is 5.41 Å². The third-order valence-corrected chi connectivity index (χ3v) is 3.71. The third-order valence-electron chi connectivity index (χ3n) is 3.22. The fourth-order valence-electron chi connectivity index (χ4n) is 2.06. The van der Waals surface area contributed by atoms with Crippen molar-refractivity contribution in [1.82, 2.24) is 0 Å². The van der Waals surface area contributed by atoms with Gasteiger partial charge in [0, 0.05) is 15.5 Å². The van der Waals surface area contributed by atoms with Gasteiger partial charge in [-0.3, -0.25) is 0 Å². The van der Waals surface area contributed by atoms with E-state index in [0.29, 0.717) is 19.8 Å². The maximum atomic E-state index is 5.98. The molecule has 0 aromatic heterocycles. The van der Waals surface area contributed by atoms with Gasteiger partial charge in [0.25, 0.3) is 0 Å². The first-order chi connectivity index (χ1) is 10.0. The van der Waals surface area contributed by atoms with Crippen molar-refractivity contribution in [3.8, 4) is 5.75 Å². The Hall–Kier alpha value is -1.04. The molecule has 116 valence electrons. The van der Waals surface area contributed by atoms with Gasteiger partial charge in [-0.15, -0.1) is 0 Å². The van der Waals surface area contributed by atoms with Crippen LogP contribution in [0.2, 0.25) is 0 Å². The molecule has 0 bridgehead atoms. The predicted octanol–water partition coefficient (Wildman–Crippen LogP) is 3.84. The molecule has 1 fully saturated rings. The number of halogens is 1. The van der Waals surface area contributed by atoms with E-state index >= 15 is 0 Å². The first-order valence-electron chi connectivity index (χ1n) is 6.88. The van der Waals surface area contributed by atoms with Gasteiger partial charge in [0.2, 0.25) is 0 Å². The smallest absolute Gasteiger partial charge is 0.166 e. The Morgan fingerprint density at radius 3 is 2.71 bits per heavy atom. The monoisotopic (exact) mass is 356 g/mol. The van der Waals surface area contributed by atoms with Crippen LogP contribution in [-0.2, 0) is 14.2 Å². The number of ether oxygens (including phenoxy) is 4. The van der Waals surface area contributed by atoms with Gasteiger partial charge >= 0.3 is 0 Å². The number of rotatable bonds is 6. The molecule has 1 aliphatic heterocycles. The quantitative estimate of drug-likeness (QED) is 0.725. The van der Waals surface area contributed by atoms with Crippen molar-refractivity contribution < 1.29 is 18.9 Å². The van der Waals surface area contributed by atoms with Crippen molar-refractivity contribution >= 4 is 22.0 Å². The van der Waals surface area contributed by atoms with Gasteiger partial charge in [-0.1, -0.05) is 29.8 Å². The molecular weight excluding hydrogens is 336 g/mol. The van der Waals surface area contributed by atoms with Crippen LogP contribution in [0.5, 0.6) is 5.75 Å². The van der Waals surface area contributed by atoms with E-state index in [1.165, 1.54) is 0 Å². The SMILES string of the molecule is CO/C=C\c1cc(Br)ccc1OCC(C)(C)C1OCCO1. The minimum Gasteiger partial charge on any atom is -0.504 e. The second-order valence-corrected chi connectivity index (χ2v) is 6.49. The molecule has 0 amide bonds. The number of methoxy groups -OCH3 is 1. The highest BCUT2D eigenvalue weighted by molar-refractivity contribution is 9.10. The Kier molecular flexibility index (Phi) is 5.67. The summed E-state index contributed by atoms with van der Waals surface area (Å²) in [4.78, 5) is 0. The van der Waals surface area contributed by atoms with Crippen LogP contribution in [0.3, 0.4) is 0 Å². The average Bonchev–Trinajstić information content (AvgIpc) is 2.99. The van der Waals surface area contributed by atoms with Crippen molar-refractivity contribution in [2.24, 2.45) is 5.41 Å². The van der Waals surface area contributed by atoms with Crippen LogP contribution in [0.25, 0.3) is 6.08 Å². The predicted molar refractivity (Wildman–Crippen MR) is 85.2 cm³/mol. The van der Waals surface area contributed by atoms with E-state index in [0.717, 1.165) is 15.8 Å². The molecule has 1 heterocycles. The molecule has 1 aliphatic rings. The third kappa shape index (κ3) is 4.46. The van der Waals surface area contributed by atoms with Crippen molar-refractivity contribution in [3.05, 3.63) is 34.5 Å². The summed E-state index contributed by atoms with van der Waals surface area (Å²) < 4.78 is 23.1. The second-order valence-electron chi connectivity index (χ2n) is 5.57. The average molecular weight is 357 g/mol. The highest BCUT2D eigenvalue weighted by Gasteiger charge is 2.35. The van der Waals surface area contributed by atoms with Crippen LogP contribution in [0.1, 0.15) is 19.4 Å². The van der Waals surface area contributed by atoms with Gasteiger partial charge in [0.1, 0.15) is 5.75 Å². The van der Waals surface area contributed by atoms with Crippen LogP contribution in [-0.4, -0.2) is 33.2 Å². The van der Waals surface area contributed by atoms with E-state index in [2.05, 4.69) is 29.8 Å². The van der Waals surface area contributed by atoms with Crippen LogP contribution in [0.4, 0.5) is 0 Å². The Labute approximate surface area is 134 Å². The van der Waals surface area contributed by atoms with E-state index in [1.807, 2.05) is 24.3 Å². The molecule has 21 heavy (non-hydrogen) atoms. The van der Waals surface area contributed by atoms with Crippen molar-refractivity contribution in [3.63, 3.8) is 0 Å². The zero-order chi connectivity index (χ0) is 15.3. The summed E-state index contributed by atoms with van der Waals surface area (Å²) in [6.07, 6.45) is 3.28. The zero-order valence-corrected chi connectivity index (χ0v) is 14.2. The maximum Gasteiger partial charge on any atom is 0.166 e. The molecule has 4 nitrogen and oxygen atoms in total. The lowest BCUT2D eigenvalue weighted by Gasteiger charge is -2.29. The van der Waals surface area contributed by atoms with E-state index < -0.39 is 0 Å². The van der Waals surface area contributed by atoms with Gasteiger partial charge in [0.15, 0.2) is 6.29 Å². The summed E-state index contributed by atoms with van der Waals surface area (Å²) in [7, 11) is 1.62. The topological polar surface area (TPSA) is 36.9 Å². The lowest BCUT2D eigenvalue weighted by molar-refractivity contribution is -0.131. The fourth-order valence-corrected chi connectivity index (χ4v) is 2.44. The standard InChI is InChI=1S/C16H21BrO4/c1-16(2,15-19-8-9-20-15)11-21-14-5-4-13(17)10-12(14)6-7-18-3/h4-7,10,15H,8-9,11H2,1-3H3/b7-6-. The minimum absolute atomic E-state index is 0.216. The normalized spacial score (nSPS) is 16.6. The van der Waals surface area contributed by atoms with E-state index in [-0.39, 0.29) is 11.7 Å². The summed E-state index contributed by atoms with van der Waals surface area (Å²) >= 11 is 3.46. The molecule has 0 aliphatic carbocycles. The van der Waals surface area contributed by atoms with Crippen molar-refractivity contribution in [2.45, 2.75) is 20.1 Å². The zero-order valence-electron chi connectivity index (χ0n) is 12.6. The molecule has 1 saturated heterocycles. The molecule has 2 rings (SSSR count). The highest BCUT2D eigenvalue weighted by atomic mass is 79.9. The first-order valence-corrected chi connectivity index (χ1v) is 7.67. The molecule has 0 unspecified atom stereocenters. The lowest BCUT2D eigenvalue weighted by Crippen LogP contribution is -2.35. The van der Waals surface area contributed by atoms with Gasteiger partial charge in [-0.25, -0.2) is 0 Å². The maximum absolute atomic E-state index is 5.98. The van der Waals surface area contributed by atoms with Crippen molar-refractivity contribution in [1.29, 1.82) is 0 Å². The van der Waals surface area contributed by atoms with Crippen LogP contribution in [0.15, 0.2) is 28.9 Å². The van der Waals surface area contributed by atoms with Gasteiger partial charge < -0.3 is 18.9 Å². The minimum atomic E-state index is -0.217. The van der Waals surface area contributed by atoms with Crippen LogP contribution >= 0.6 is 15.9 Å². The number of benzene rings is 1. The highest BCUT2D eigenvalue weighted by Crippen LogP contribution is 2.30. The van der Waals surface area contributed by atoms with E-state index in [4.69, 9.17) is 18.9 Å². The largest absolute Gasteiger partial charge is 0.504 e. The Morgan fingerprint density at radius 1 is 1.33 bits per heavy atom. The first kappa shape index (κ1) is 16.3. The Morgan fingerprint density at radius 2 is 2.05 bits per heavy atom. The Balaban J connectivity index is 2.06. The number of hydrogen-bond donors (Lipinski definition) is 0. The summed E-state index contributed by atoms with van der Waals surface area (Å²) in [5, 5.41) is 0. The lowest BCUT2D eigenvalue weighted by atomic mass is 9.94. The molecule has 0 N–H and O–H groups in total. The molecular formula is C16H21BrO4. The summed E-state index contributed by atoms with van der Waals surface area (Å²) in [5.74, 6) is 0.803. The molecule has 0 spiro atoms. The van der Waals surface area contributed by atoms with Gasteiger partial charge in [0.05, 0.1) is 33.2 Å².